The molecule has 0 aromatic carbocycles. The number of rotatable bonds is 7. The van der Waals surface area contributed by atoms with Crippen LogP contribution in [0.15, 0.2) is 24.5 Å². The van der Waals surface area contributed by atoms with E-state index in [1.165, 1.54) is 25.5 Å². The van der Waals surface area contributed by atoms with Gasteiger partial charge in [0, 0.05) is 30.9 Å². The summed E-state index contributed by atoms with van der Waals surface area (Å²) in [5.41, 5.74) is 1.28. The second kappa shape index (κ2) is 9.83. The van der Waals surface area contributed by atoms with Crippen molar-refractivity contribution in [2.24, 2.45) is 5.92 Å². The summed E-state index contributed by atoms with van der Waals surface area (Å²) < 4.78 is 4.81. The lowest BCUT2D eigenvalue weighted by molar-refractivity contribution is -0.146. The first-order chi connectivity index (χ1) is 13.2. The monoisotopic (exact) mass is 373 g/mol. The highest BCUT2D eigenvalue weighted by Crippen LogP contribution is 2.31. The summed E-state index contributed by atoms with van der Waals surface area (Å²) in [4.78, 5) is 30.6. The fraction of sp³-hybridized carbons (Fsp3) is 0.667. The minimum absolute atomic E-state index is 0.00253. The Balaban J connectivity index is 1.36. The summed E-state index contributed by atoms with van der Waals surface area (Å²) in [6, 6.07) is 4.78. The molecule has 2 heterocycles. The van der Waals surface area contributed by atoms with Gasteiger partial charge in [0.1, 0.15) is 0 Å². The fourth-order valence-electron chi connectivity index (χ4n) is 4.43. The SMILES string of the molecule is COC(=O)[C@H]1CC[C@H](NC(=O)CCCN2CCC[C@H]2c2cccnc2)CC1. The molecule has 2 aliphatic rings. The van der Waals surface area contributed by atoms with Crippen LogP contribution in [0.4, 0.5) is 0 Å². The number of methoxy groups -OCH3 is 1. The van der Waals surface area contributed by atoms with Gasteiger partial charge in [-0.25, -0.2) is 0 Å². The van der Waals surface area contributed by atoms with Crippen LogP contribution in [-0.4, -0.2) is 48.0 Å². The predicted molar refractivity (Wildman–Crippen MR) is 103 cm³/mol. The zero-order valence-corrected chi connectivity index (χ0v) is 16.2. The molecular formula is C21H31N3O3. The lowest BCUT2D eigenvalue weighted by Gasteiger charge is -2.28. The van der Waals surface area contributed by atoms with E-state index in [2.05, 4.69) is 21.3 Å². The molecule has 1 amide bonds. The molecule has 1 aromatic rings. The van der Waals surface area contributed by atoms with Crippen molar-refractivity contribution < 1.29 is 14.3 Å². The van der Waals surface area contributed by atoms with E-state index in [1.54, 1.807) is 0 Å². The Morgan fingerprint density at radius 3 is 2.78 bits per heavy atom. The number of amides is 1. The molecule has 1 aliphatic carbocycles. The van der Waals surface area contributed by atoms with Crippen LogP contribution in [0.1, 0.15) is 63.0 Å². The molecule has 6 heteroatoms. The molecule has 1 saturated carbocycles. The van der Waals surface area contributed by atoms with Gasteiger partial charge >= 0.3 is 5.97 Å². The minimum Gasteiger partial charge on any atom is -0.469 e. The Kier molecular flexibility index (Phi) is 7.21. The van der Waals surface area contributed by atoms with Gasteiger partial charge in [-0.05, 0) is 69.7 Å². The summed E-state index contributed by atoms with van der Waals surface area (Å²) in [5.74, 6) is 0.0185. The summed E-state index contributed by atoms with van der Waals surface area (Å²) in [5, 5.41) is 3.15. The number of likely N-dealkylation sites (tertiary alicyclic amines) is 1. The van der Waals surface area contributed by atoms with Gasteiger partial charge in [-0.15, -0.1) is 0 Å². The van der Waals surface area contributed by atoms with Gasteiger partial charge in [0.25, 0.3) is 0 Å². The molecule has 148 valence electrons. The average molecular weight is 373 g/mol. The Labute approximate surface area is 161 Å². The predicted octanol–water partition coefficient (Wildman–Crippen LogP) is 2.85. The maximum Gasteiger partial charge on any atom is 0.308 e. The molecule has 1 saturated heterocycles. The van der Waals surface area contributed by atoms with Gasteiger partial charge in [0.2, 0.25) is 5.91 Å². The largest absolute Gasteiger partial charge is 0.469 e. The van der Waals surface area contributed by atoms with Gasteiger partial charge in [-0.2, -0.15) is 0 Å². The zero-order chi connectivity index (χ0) is 19.1. The first-order valence-corrected chi connectivity index (χ1v) is 10.2. The molecule has 1 N–H and O–H groups in total. The first-order valence-electron chi connectivity index (χ1n) is 10.2. The molecule has 0 radical (unpaired) electrons. The number of carbonyl (C=O) groups is 2. The number of ether oxygens (including phenoxy) is 1. The highest BCUT2D eigenvalue weighted by Gasteiger charge is 2.28. The maximum absolute atomic E-state index is 12.3. The lowest BCUT2D eigenvalue weighted by atomic mass is 9.86. The van der Waals surface area contributed by atoms with E-state index in [0.29, 0.717) is 12.5 Å². The van der Waals surface area contributed by atoms with Crippen LogP contribution >= 0.6 is 0 Å². The van der Waals surface area contributed by atoms with Gasteiger partial charge in [0.05, 0.1) is 13.0 Å². The standard InChI is InChI=1S/C21H31N3O3/c1-27-21(26)16-8-10-18(11-9-16)23-20(25)7-4-14-24-13-3-6-19(24)17-5-2-12-22-15-17/h2,5,12,15-16,18-19H,3-4,6-11,13-14H2,1H3,(H,23,25)/t16-,18-,19-/m0/s1. The molecule has 0 bridgehead atoms. The molecule has 2 fully saturated rings. The van der Waals surface area contributed by atoms with Crippen molar-refractivity contribution in [3.63, 3.8) is 0 Å². The molecule has 1 atom stereocenters. The number of carbonyl (C=O) groups excluding carboxylic acids is 2. The highest BCUT2D eigenvalue weighted by atomic mass is 16.5. The highest BCUT2D eigenvalue weighted by molar-refractivity contribution is 5.76. The first kappa shape index (κ1) is 19.8. The van der Waals surface area contributed by atoms with Crippen LogP contribution in [0.3, 0.4) is 0 Å². The van der Waals surface area contributed by atoms with Gasteiger partial charge in [-0.1, -0.05) is 6.07 Å². The Morgan fingerprint density at radius 1 is 1.26 bits per heavy atom. The molecule has 0 unspecified atom stereocenters. The topological polar surface area (TPSA) is 71.5 Å². The van der Waals surface area contributed by atoms with Crippen LogP contribution in [0.5, 0.6) is 0 Å². The second-order valence-corrected chi connectivity index (χ2v) is 7.72. The van der Waals surface area contributed by atoms with E-state index < -0.39 is 0 Å². The molecule has 6 nitrogen and oxygen atoms in total. The van der Waals surface area contributed by atoms with Crippen molar-refractivity contribution in [2.45, 2.75) is 63.5 Å². The summed E-state index contributed by atoms with van der Waals surface area (Å²) >= 11 is 0. The van der Waals surface area contributed by atoms with Crippen LogP contribution < -0.4 is 5.32 Å². The molecular weight excluding hydrogens is 342 g/mol. The molecule has 0 spiro atoms. The second-order valence-electron chi connectivity index (χ2n) is 7.72. The maximum atomic E-state index is 12.3. The van der Waals surface area contributed by atoms with Crippen LogP contribution in [0, 0.1) is 5.92 Å². The molecule has 3 rings (SSSR count). The van der Waals surface area contributed by atoms with Crippen molar-refractivity contribution in [1.82, 2.24) is 15.2 Å². The van der Waals surface area contributed by atoms with E-state index in [0.717, 1.165) is 45.2 Å². The molecule has 1 aliphatic heterocycles. The number of hydrogen-bond donors (Lipinski definition) is 1. The number of nitrogens with one attached hydrogen (secondary N) is 1. The van der Waals surface area contributed by atoms with Crippen LogP contribution in [0.25, 0.3) is 0 Å². The fourth-order valence-corrected chi connectivity index (χ4v) is 4.43. The Morgan fingerprint density at radius 2 is 2.07 bits per heavy atom. The molecule has 27 heavy (non-hydrogen) atoms. The van der Waals surface area contributed by atoms with Crippen molar-refractivity contribution >= 4 is 11.9 Å². The van der Waals surface area contributed by atoms with Crippen LogP contribution in [-0.2, 0) is 14.3 Å². The minimum atomic E-state index is -0.117. The Bertz CT molecular complexity index is 614. The average Bonchev–Trinajstić information content (AvgIpc) is 3.17. The van der Waals surface area contributed by atoms with Crippen molar-refractivity contribution in [1.29, 1.82) is 0 Å². The number of nitrogens with zero attached hydrogens (tertiary/aromatic N) is 2. The van der Waals surface area contributed by atoms with E-state index in [1.807, 2.05) is 18.5 Å². The third-order valence-electron chi connectivity index (χ3n) is 5.91. The van der Waals surface area contributed by atoms with E-state index in [-0.39, 0.29) is 23.8 Å². The summed E-state index contributed by atoms with van der Waals surface area (Å²) in [6.07, 6.45) is 10.9. The lowest BCUT2D eigenvalue weighted by Crippen LogP contribution is -2.39. The van der Waals surface area contributed by atoms with E-state index in [9.17, 15) is 9.59 Å². The smallest absolute Gasteiger partial charge is 0.308 e. The number of esters is 1. The van der Waals surface area contributed by atoms with E-state index >= 15 is 0 Å². The quantitative estimate of drug-likeness (QED) is 0.744. The third kappa shape index (κ3) is 5.51. The van der Waals surface area contributed by atoms with Gasteiger partial charge in [-0.3, -0.25) is 19.5 Å². The van der Waals surface area contributed by atoms with Crippen molar-refractivity contribution in [3.8, 4) is 0 Å². The number of aromatic nitrogens is 1. The van der Waals surface area contributed by atoms with E-state index in [4.69, 9.17) is 4.74 Å². The number of pyridine rings is 1. The zero-order valence-electron chi connectivity index (χ0n) is 16.2. The summed E-state index contributed by atoms with van der Waals surface area (Å²) in [6.45, 7) is 2.04. The van der Waals surface area contributed by atoms with Crippen molar-refractivity contribution in [3.05, 3.63) is 30.1 Å². The normalized spacial score (nSPS) is 25.9. The summed E-state index contributed by atoms with van der Waals surface area (Å²) in [7, 11) is 1.44. The van der Waals surface area contributed by atoms with Crippen LogP contribution in [0.2, 0.25) is 0 Å². The van der Waals surface area contributed by atoms with Crippen molar-refractivity contribution in [2.75, 3.05) is 20.2 Å². The van der Waals surface area contributed by atoms with Gasteiger partial charge in [0.15, 0.2) is 0 Å². The third-order valence-corrected chi connectivity index (χ3v) is 5.91. The Hall–Kier alpha value is -1.95. The van der Waals surface area contributed by atoms with Gasteiger partial charge < -0.3 is 10.1 Å². The molecule has 1 aromatic heterocycles. The number of hydrogen-bond acceptors (Lipinski definition) is 5.